The number of aromatic nitrogens is 1. The van der Waals surface area contributed by atoms with Crippen LogP contribution in [-0.2, 0) is 17.6 Å². The summed E-state index contributed by atoms with van der Waals surface area (Å²) in [5, 5.41) is 0. The molecule has 1 aliphatic rings. The first kappa shape index (κ1) is 13.7. The monoisotopic (exact) mass is 287 g/mol. The first-order chi connectivity index (χ1) is 10.2. The van der Waals surface area contributed by atoms with E-state index in [9.17, 15) is 4.79 Å². The normalized spacial score (nSPS) is 12.9. The van der Waals surface area contributed by atoms with Gasteiger partial charge in [0.1, 0.15) is 5.75 Å². The summed E-state index contributed by atoms with van der Waals surface area (Å²) >= 11 is 0. The van der Waals surface area contributed by atoms with Gasteiger partial charge in [0.2, 0.25) is 11.7 Å². The van der Waals surface area contributed by atoms with Crippen molar-refractivity contribution in [3.63, 3.8) is 0 Å². The van der Waals surface area contributed by atoms with Crippen molar-refractivity contribution in [3.8, 4) is 17.2 Å². The van der Waals surface area contributed by atoms with Crippen LogP contribution in [0.2, 0.25) is 0 Å². The van der Waals surface area contributed by atoms with Crippen LogP contribution in [-0.4, -0.2) is 24.7 Å². The fourth-order valence-corrected chi connectivity index (χ4v) is 2.45. The minimum Gasteiger partial charge on any atom is -0.493 e. The highest BCUT2D eigenvalue weighted by molar-refractivity contribution is 5.88. The lowest BCUT2D eigenvalue weighted by Crippen LogP contribution is -2.03. The summed E-state index contributed by atoms with van der Waals surface area (Å²) in [4.78, 5) is 16.2. The molecule has 0 bridgehead atoms. The standard InChI is InChI=1S/C16H17NO4/c1-3-4-12-14(16(18)19-2)21-15(17-12)11-5-6-13-10(9-11)7-8-20-13/h5-6,9H,3-4,7-8H2,1-2H3. The van der Waals surface area contributed by atoms with Crippen LogP contribution < -0.4 is 4.74 Å². The summed E-state index contributed by atoms with van der Waals surface area (Å²) in [6, 6.07) is 5.82. The molecule has 1 aliphatic heterocycles. The number of carbonyl (C=O) groups is 1. The lowest BCUT2D eigenvalue weighted by atomic mass is 10.1. The largest absolute Gasteiger partial charge is 0.493 e. The lowest BCUT2D eigenvalue weighted by molar-refractivity contribution is 0.0564. The summed E-state index contributed by atoms with van der Waals surface area (Å²) in [5.41, 5.74) is 2.64. The zero-order valence-corrected chi connectivity index (χ0v) is 12.1. The highest BCUT2D eigenvalue weighted by Gasteiger charge is 2.22. The average Bonchev–Trinajstić information content (AvgIpc) is 3.12. The van der Waals surface area contributed by atoms with Gasteiger partial charge in [-0.2, -0.15) is 0 Å². The maximum atomic E-state index is 11.8. The fraction of sp³-hybridized carbons (Fsp3) is 0.375. The topological polar surface area (TPSA) is 61.6 Å². The summed E-state index contributed by atoms with van der Waals surface area (Å²) in [6.45, 7) is 2.74. The quantitative estimate of drug-likeness (QED) is 0.809. The molecule has 0 N–H and O–H groups in total. The Morgan fingerprint density at radius 2 is 2.29 bits per heavy atom. The summed E-state index contributed by atoms with van der Waals surface area (Å²) in [5.74, 6) is 1.08. The Balaban J connectivity index is 2.00. The number of nitrogens with zero attached hydrogens (tertiary/aromatic N) is 1. The molecule has 1 aromatic heterocycles. The zero-order chi connectivity index (χ0) is 14.8. The number of esters is 1. The molecule has 0 spiro atoms. The molecule has 1 aromatic carbocycles. The van der Waals surface area contributed by atoms with Crippen LogP contribution in [0.1, 0.15) is 35.2 Å². The second kappa shape index (κ2) is 5.60. The maximum absolute atomic E-state index is 11.8. The highest BCUT2D eigenvalue weighted by atomic mass is 16.5. The number of hydrogen-bond donors (Lipinski definition) is 0. The van der Waals surface area contributed by atoms with E-state index in [1.807, 2.05) is 25.1 Å². The van der Waals surface area contributed by atoms with E-state index < -0.39 is 5.97 Å². The SMILES string of the molecule is CCCc1nc(-c2ccc3c(c2)CCO3)oc1C(=O)OC. The maximum Gasteiger partial charge on any atom is 0.376 e. The number of ether oxygens (including phenoxy) is 2. The molecule has 0 radical (unpaired) electrons. The van der Waals surface area contributed by atoms with E-state index in [4.69, 9.17) is 13.9 Å². The predicted molar refractivity (Wildman–Crippen MR) is 76.5 cm³/mol. The lowest BCUT2D eigenvalue weighted by Gasteiger charge is -2.00. The summed E-state index contributed by atoms with van der Waals surface area (Å²) in [6.07, 6.45) is 2.45. The van der Waals surface area contributed by atoms with Crippen LogP contribution in [0.25, 0.3) is 11.5 Å². The molecule has 0 saturated carbocycles. The van der Waals surface area contributed by atoms with Crippen LogP contribution in [0.15, 0.2) is 22.6 Å². The van der Waals surface area contributed by atoms with Crippen molar-refractivity contribution in [3.05, 3.63) is 35.2 Å². The number of oxazole rings is 1. The number of methoxy groups -OCH3 is 1. The Morgan fingerprint density at radius 1 is 1.43 bits per heavy atom. The molecule has 0 fully saturated rings. The molecule has 21 heavy (non-hydrogen) atoms. The van der Waals surface area contributed by atoms with Crippen LogP contribution >= 0.6 is 0 Å². The van der Waals surface area contributed by atoms with Gasteiger partial charge in [0.25, 0.3) is 0 Å². The molecule has 0 amide bonds. The second-order valence-electron chi connectivity index (χ2n) is 4.96. The second-order valence-corrected chi connectivity index (χ2v) is 4.96. The third-order valence-electron chi connectivity index (χ3n) is 3.49. The van der Waals surface area contributed by atoms with Crippen molar-refractivity contribution in [2.24, 2.45) is 0 Å². The molecule has 5 nitrogen and oxygen atoms in total. The number of rotatable bonds is 4. The minimum atomic E-state index is -0.485. The van der Waals surface area contributed by atoms with Gasteiger partial charge in [-0.3, -0.25) is 0 Å². The van der Waals surface area contributed by atoms with E-state index >= 15 is 0 Å². The number of aryl methyl sites for hydroxylation is 1. The van der Waals surface area contributed by atoms with E-state index in [0.717, 1.165) is 29.7 Å². The van der Waals surface area contributed by atoms with Crippen LogP contribution in [0, 0.1) is 0 Å². The molecule has 0 unspecified atom stereocenters. The molecule has 2 aromatic rings. The number of benzene rings is 1. The van der Waals surface area contributed by atoms with Crippen molar-refractivity contribution < 1.29 is 18.7 Å². The van der Waals surface area contributed by atoms with Crippen LogP contribution in [0.3, 0.4) is 0 Å². The van der Waals surface area contributed by atoms with Crippen molar-refractivity contribution in [2.75, 3.05) is 13.7 Å². The van der Waals surface area contributed by atoms with Gasteiger partial charge >= 0.3 is 5.97 Å². The van der Waals surface area contributed by atoms with Gasteiger partial charge in [0.15, 0.2) is 0 Å². The molecule has 0 aliphatic carbocycles. The summed E-state index contributed by atoms with van der Waals surface area (Å²) < 4.78 is 15.9. The molecule has 5 heteroatoms. The van der Waals surface area contributed by atoms with E-state index in [0.29, 0.717) is 24.6 Å². The van der Waals surface area contributed by atoms with E-state index in [2.05, 4.69) is 4.98 Å². The van der Waals surface area contributed by atoms with Gasteiger partial charge < -0.3 is 13.9 Å². The molecular formula is C16H17NO4. The fourth-order valence-electron chi connectivity index (χ4n) is 2.45. The Bertz CT molecular complexity index is 675. The highest BCUT2D eigenvalue weighted by Crippen LogP contribution is 2.31. The first-order valence-corrected chi connectivity index (χ1v) is 7.07. The van der Waals surface area contributed by atoms with Crippen molar-refractivity contribution >= 4 is 5.97 Å². The Morgan fingerprint density at radius 3 is 3.05 bits per heavy atom. The molecular weight excluding hydrogens is 270 g/mol. The number of hydrogen-bond acceptors (Lipinski definition) is 5. The van der Waals surface area contributed by atoms with Gasteiger partial charge in [-0.25, -0.2) is 9.78 Å². The summed E-state index contributed by atoms with van der Waals surface area (Å²) in [7, 11) is 1.34. The third kappa shape index (κ3) is 2.51. The molecule has 2 heterocycles. The van der Waals surface area contributed by atoms with Gasteiger partial charge in [-0.15, -0.1) is 0 Å². The van der Waals surface area contributed by atoms with Crippen LogP contribution in [0.4, 0.5) is 0 Å². The Hall–Kier alpha value is -2.30. The average molecular weight is 287 g/mol. The van der Waals surface area contributed by atoms with Crippen molar-refractivity contribution in [1.82, 2.24) is 4.98 Å². The van der Waals surface area contributed by atoms with Gasteiger partial charge in [0, 0.05) is 12.0 Å². The molecule has 3 rings (SSSR count). The smallest absolute Gasteiger partial charge is 0.376 e. The molecule has 0 atom stereocenters. The van der Waals surface area contributed by atoms with Gasteiger partial charge in [-0.05, 0) is 30.2 Å². The van der Waals surface area contributed by atoms with Gasteiger partial charge in [-0.1, -0.05) is 13.3 Å². The third-order valence-corrected chi connectivity index (χ3v) is 3.49. The van der Waals surface area contributed by atoms with E-state index in [-0.39, 0.29) is 5.76 Å². The Kier molecular flexibility index (Phi) is 3.64. The zero-order valence-electron chi connectivity index (χ0n) is 12.1. The van der Waals surface area contributed by atoms with Crippen molar-refractivity contribution in [1.29, 1.82) is 0 Å². The van der Waals surface area contributed by atoms with Gasteiger partial charge in [0.05, 0.1) is 19.4 Å². The molecule has 110 valence electrons. The molecule has 0 saturated heterocycles. The van der Waals surface area contributed by atoms with E-state index in [1.54, 1.807) is 0 Å². The predicted octanol–water partition coefficient (Wildman–Crippen LogP) is 3.02. The Labute approximate surface area is 122 Å². The first-order valence-electron chi connectivity index (χ1n) is 7.07. The van der Waals surface area contributed by atoms with E-state index in [1.165, 1.54) is 7.11 Å². The van der Waals surface area contributed by atoms with Crippen LogP contribution in [0.5, 0.6) is 5.75 Å². The number of carbonyl (C=O) groups excluding carboxylic acids is 1. The van der Waals surface area contributed by atoms with Crippen molar-refractivity contribution in [2.45, 2.75) is 26.2 Å². The number of fused-ring (bicyclic) bond motifs is 1. The minimum absolute atomic E-state index is 0.200.